The Bertz CT molecular complexity index is 459. The molecule has 0 bridgehead atoms. The summed E-state index contributed by atoms with van der Waals surface area (Å²) in [5.41, 5.74) is 0.497. The Balaban J connectivity index is 2.91. The maximum absolute atomic E-state index is 11.3. The van der Waals surface area contributed by atoms with Gasteiger partial charge in [0.05, 0.1) is 16.8 Å². The molecule has 0 heterocycles. The van der Waals surface area contributed by atoms with Gasteiger partial charge in [0.1, 0.15) is 6.29 Å². The van der Waals surface area contributed by atoms with Gasteiger partial charge in [-0.25, -0.2) is 4.79 Å². The molecular weight excluding hydrogens is 363 g/mol. The Morgan fingerprint density at radius 2 is 2.00 bits per heavy atom. The molecule has 0 radical (unpaired) electrons. The van der Waals surface area contributed by atoms with Gasteiger partial charge in [-0.2, -0.15) is 0 Å². The monoisotopic (exact) mass is 378 g/mol. The SMILES string of the molecule is CCOC(=O)COc1c(I)cc(C=O)cc1OCC. The number of halogens is 1. The lowest BCUT2D eigenvalue weighted by atomic mass is 10.2. The molecule has 0 amide bonds. The first-order chi connectivity index (χ1) is 9.12. The molecule has 0 fully saturated rings. The lowest BCUT2D eigenvalue weighted by Crippen LogP contribution is -2.15. The second kappa shape index (κ2) is 7.98. The van der Waals surface area contributed by atoms with Crippen molar-refractivity contribution in [1.29, 1.82) is 0 Å². The maximum Gasteiger partial charge on any atom is 0.344 e. The Morgan fingerprint density at radius 1 is 1.26 bits per heavy atom. The summed E-state index contributed by atoms with van der Waals surface area (Å²) in [6.07, 6.45) is 0.736. The van der Waals surface area contributed by atoms with Crippen LogP contribution in [0.3, 0.4) is 0 Å². The summed E-state index contributed by atoms with van der Waals surface area (Å²) in [7, 11) is 0. The second-order valence-electron chi connectivity index (χ2n) is 3.47. The van der Waals surface area contributed by atoms with Gasteiger partial charge < -0.3 is 14.2 Å². The van der Waals surface area contributed by atoms with Gasteiger partial charge in [0.15, 0.2) is 18.1 Å². The maximum atomic E-state index is 11.3. The lowest BCUT2D eigenvalue weighted by Gasteiger charge is -2.13. The van der Waals surface area contributed by atoms with Crippen molar-refractivity contribution in [3.8, 4) is 11.5 Å². The number of carbonyl (C=O) groups excluding carboxylic acids is 2. The zero-order valence-corrected chi connectivity index (χ0v) is 12.9. The Hall–Kier alpha value is -1.31. The minimum atomic E-state index is -0.444. The molecule has 0 aromatic heterocycles. The van der Waals surface area contributed by atoms with Crippen molar-refractivity contribution < 1.29 is 23.8 Å². The summed E-state index contributed by atoms with van der Waals surface area (Å²) in [6.45, 7) is 4.11. The van der Waals surface area contributed by atoms with E-state index in [4.69, 9.17) is 14.2 Å². The Morgan fingerprint density at radius 3 is 2.58 bits per heavy atom. The van der Waals surface area contributed by atoms with Crippen LogP contribution in [-0.4, -0.2) is 32.1 Å². The molecule has 6 heteroatoms. The van der Waals surface area contributed by atoms with E-state index < -0.39 is 5.97 Å². The van der Waals surface area contributed by atoms with E-state index in [9.17, 15) is 9.59 Å². The first-order valence-electron chi connectivity index (χ1n) is 5.82. The van der Waals surface area contributed by atoms with Crippen LogP contribution >= 0.6 is 22.6 Å². The van der Waals surface area contributed by atoms with E-state index in [-0.39, 0.29) is 6.61 Å². The number of carbonyl (C=O) groups is 2. The molecule has 1 rings (SSSR count). The molecule has 1 aromatic carbocycles. The summed E-state index contributed by atoms with van der Waals surface area (Å²) in [4.78, 5) is 22.1. The van der Waals surface area contributed by atoms with Crippen molar-refractivity contribution in [1.82, 2.24) is 0 Å². The van der Waals surface area contributed by atoms with E-state index in [1.54, 1.807) is 19.1 Å². The van der Waals surface area contributed by atoms with E-state index in [0.717, 1.165) is 6.29 Å². The number of aldehydes is 1. The second-order valence-corrected chi connectivity index (χ2v) is 4.64. The van der Waals surface area contributed by atoms with Crippen LogP contribution < -0.4 is 9.47 Å². The first kappa shape index (κ1) is 15.7. The minimum Gasteiger partial charge on any atom is -0.490 e. The molecule has 104 valence electrons. The largest absolute Gasteiger partial charge is 0.490 e. The van der Waals surface area contributed by atoms with E-state index in [1.165, 1.54) is 0 Å². The summed E-state index contributed by atoms with van der Waals surface area (Å²) >= 11 is 2.03. The fraction of sp³-hybridized carbons (Fsp3) is 0.385. The van der Waals surface area contributed by atoms with Gasteiger partial charge in [-0.05, 0) is 48.6 Å². The highest BCUT2D eigenvalue weighted by Gasteiger charge is 2.14. The summed E-state index contributed by atoms with van der Waals surface area (Å²) in [6, 6.07) is 3.25. The molecule has 0 aliphatic carbocycles. The molecule has 0 saturated heterocycles. The summed E-state index contributed by atoms with van der Waals surface area (Å²) < 4.78 is 16.3. The van der Waals surface area contributed by atoms with Crippen molar-refractivity contribution in [3.05, 3.63) is 21.3 Å². The molecular formula is C13H15IO5. The van der Waals surface area contributed by atoms with Crippen LogP contribution in [-0.2, 0) is 9.53 Å². The predicted octanol–water partition coefficient (Wildman–Crippen LogP) is 2.44. The van der Waals surface area contributed by atoms with E-state index >= 15 is 0 Å². The van der Waals surface area contributed by atoms with Crippen LogP contribution in [0, 0.1) is 3.57 Å². The first-order valence-corrected chi connectivity index (χ1v) is 6.90. The molecule has 1 aromatic rings. The van der Waals surface area contributed by atoms with Crippen molar-refractivity contribution in [3.63, 3.8) is 0 Å². The number of benzene rings is 1. The molecule has 0 saturated carbocycles. The van der Waals surface area contributed by atoms with Crippen LogP contribution in [0.4, 0.5) is 0 Å². The molecule has 19 heavy (non-hydrogen) atoms. The van der Waals surface area contributed by atoms with Gasteiger partial charge in [0.2, 0.25) is 0 Å². The normalized spacial score (nSPS) is 9.84. The fourth-order valence-corrected chi connectivity index (χ4v) is 2.17. The average Bonchev–Trinajstić information content (AvgIpc) is 2.38. The predicted molar refractivity (Wildman–Crippen MR) is 77.8 cm³/mol. The molecule has 0 unspecified atom stereocenters. The molecule has 0 aliphatic rings. The van der Waals surface area contributed by atoms with Crippen LogP contribution in [0.5, 0.6) is 11.5 Å². The standard InChI is InChI=1S/C13H15IO5/c1-3-17-11-6-9(7-15)5-10(14)13(11)19-8-12(16)18-4-2/h5-7H,3-4,8H2,1-2H3. The average molecular weight is 378 g/mol. The van der Waals surface area contributed by atoms with Gasteiger partial charge in [-0.3, -0.25) is 4.79 Å². The van der Waals surface area contributed by atoms with E-state index in [1.807, 2.05) is 29.5 Å². The molecule has 0 aliphatic heterocycles. The van der Waals surface area contributed by atoms with Crippen LogP contribution in [0.15, 0.2) is 12.1 Å². The zero-order valence-electron chi connectivity index (χ0n) is 10.8. The van der Waals surface area contributed by atoms with Gasteiger partial charge in [-0.1, -0.05) is 0 Å². The van der Waals surface area contributed by atoms with Gasteiger partial charge in [0.25, 0.3) is 0 Å². The van der Waals surface area contributed by atoms with Crippen molar-refractivity contribution in [2.45, 2.75) is 13.8 Å². The quantitative estimate of drug-likeness (QED) is 0.415. The summed E-state index contributed by atoms with van der Waals surface area (Å²) in [5, 5.41) is 0. The number of hydrogen-bond acceptors (Lipinski definition) is 5. The fourth-order valence-electron chi connectivity index (χ4n) is 1.39. The highest BCUT2D eigenvalue weighted by atomic mass is 127. The minimum absolute atomic E-state index is 0.190. The van der Waals surface area contributed by atoms with Crippen molar-refractivity contribution in [2.24, 2.45) is 0 Å². The molecule has 5 nitrogen and oxygen atoms in total. The van der Waals surface area contributed by atoms with Crippen LogP contribution in [0.1, 0.15) is 24.2 Å². The third-order valence-electron chi connectivity index (χ3n) is 2.11. The third-order valence-corrected chi connectivity index (χ3v) is 2.91. The number of ether oxygens (including phenoxy) is 3. The van der Waals surface area contributed by atoms with Crippen molar-refractivity contribution in [2.75, 3.05) is 19.8 Å². The van der Waals surface area contributed by atoms with Gasteiger partial charge in [-0.15, -0.1) is 0 Å². The highest BCUT2D eigenvalue weighted by molar-refractivity contribution is 14.1. The smallest absolute Gasteiger partial charge is 0.344 e. The molecule has 0 atom stereocenters. The van der Waals surface area contributed by atoms with E-state index in [0.29, 0.717) is 33.8 Å². The summed E-state index contributed by atoms with van der Waals surface area (Å²) in [5.74, 6) is 0.446. The highest BCUT2D eigenvalue weighted by Crippen LogP contribution is 2.33. The number of rotatable bonds is 7. The van der Waals surface area contributed by atoms with E-state index in [2.05, 4.69) is 0 Å². The van der Waals surface area contributed by atoms with Crippen LogP contribution in [0.2, 0.25) is 0 Å². The lowest BCUT2D eigenvalue weighted by molar-refractivity contribution is -0.145. The number of hydrogen-bond donors (Lipinski definition) is 0. The van der Waals surface area contributed by atoms with Gasteiger partial charge in [0, 0.05) is 5.56 Å². The Kier molecular flexibility index (Phi) is 6.61. The molecule has 0 spiro atoms. The number of esters is 1. The molecule has 0 N–H and O–H groups in total. The van der Waals surface area contributed by atoms with Gasteiger partial charge >= 0.3 is 5.97 Å². The topological polar surface area (TPSA) is 61.8 Å². The Labute approximate surface area is 125 Å². The van der Waals surface area contributed by atoms with Crippen LogP contribution in [0.25, 0.3) is 0 Å². The zero-order chi connectivity index (χ0) is 14.3. The third kappa shape index (κ3) is 4.70. The van der Waals surface area contributed by atoms with Crippen molar-refractivity contribution >= 4 is 34.8 Å².